The van der Waals surface area contributed by atoms with Gasteiger partial charge < -0.3 is 19.2 Å². The Morgan fingerprint density at radius 1 is 1.47 bits per heavy atom. The molecule has 2 heterocycles. The summed E-state index contributed by atoms with van der Waals surface area (Å²) < 4.78 is 16.9. The zero-order chi connectivity index (χ0) is 13.7. The highest BCUT2D eigenvalue weighted by atomic mass is 16.5. The zero-order valence-electron chi connectivity index (χ0n) is 12.2. The van der Waals surface area contributed by atoms with Crippen LogP contribution in [0.3, 0.4) is 0 Å². The van der Waals surface area contributed by atoms with Crippen molar-refractivity contribution < 1.29 is 13.9 Å². The van der Waals surface area contributed by atoms with Gasteiger partial charge in [-0.2, -0.15) is 0 Å². The molecule has 19 heavy (non-hydrogen) atoms. The van der Waals surface area contributed by atoms with E-state index in [4.69, 9.17) is 13.9 Å². The lowest BCUT2D eigenvalue weighted by Gasteiger charge is -2.08. The van der Waals surface area contributed by atoms with Crippen molar-refractivity contribution in [3.8, 4) is 0 Å². The third-order valence-electron chi connectivity index (χ3n) is 3.29. The third-order valence-corrected chi connectivity index (χ3v) is 3.29. The molecule has 0 aromatic carbocycles. The predicted octanol–water partition coefficient (Wildman–Crippen LogP) is 2.64. The van der Waals surface area contributed by atoms with Crippen molar-refractivity contribution in [2.45, 2.75) is 46.4 Å². The van der Waals surface area contributed by atoms with Crippen molar-refractivity contribution in [2.24, 2.45) is 5.92 Å². The molecule has 4 nitrogen and oxygen atoms in total. The zero-order valence-corrected chi connectivity index (χ0v) is 12.2. The first kappa shape index (κ1) is 14.6. The van der Waals surface area contributed by atoms with Crippen LogP contribution in [-0.4, -0.2) is 25.9 Å². The number of rotatable bonds is 7. The SMILES string of the molecule is Cc1oc(CNCC(C)C)cc1COC1CCOC1. The highest BCUT2D eigenvalue weighted by Crippen LogP contribution is 2.18. The second-order valence-electron chi connectivity index (χ2n) is 5.62. The van der Waals surface area contributed by atoms with E-state index in [1.165, 1.54) is 0 Å². The molecule has 4 heteroatoms. The van der Waals surface area contributed by atoms with Gasteiger partial charge in [0.25, 0.3) is 0 Å². The molecule has 1 atom stereocenters. The number of furan rings is 1. The molecule has 0 aliphatic carbocycles. The first-order valence-electron chi connectivity index (χ1n) is 7.13. The lowest BCUT2D eigenvalue weighted by molar-refractivity contribution is 0.0312. The predicted molar refractivity (Wildman–Crippen MR) is 74.0 cm³/mol. The van der Waals surface area contributed by atoms with E-state index in [1.54, 1.807) is 0 Å². The Morgan fingerprint density at radius 3 is 3.00 bits per heavy atom. The molecule has 0 saturated carbocycles. The summed E-state index contributed by atoms with van der Waals surface area (Å²) in [6.45, 7) is 10.3. The lowest BCUT2D eigenvalue weighted by atomic mass is 10.2. The first-order chi connectivity index (χ1) is 9.15. The highest BCUT2D eigenvalue weighted by Gasteiger charge is 2.17. The van der Waals surface area contributed by atoms with Gasteiger partial charge in [0, 0.05) is 12.2 Å². The molecule has 0 spiro atoms. The molecular formula is C15H25NO3. The van der Waals surface area contributed by atoms with Crippen LogP contribution in [-0.2, 0) is 22.6 Å². The van der Waals surface area contributed by atoms with Crippen LogP contribution in [0, 0.1) is 12.8 Å². The fourth-order valence-electron chi connectivity index (χ4n) is 2.15. The van der Waals surface area contributed by atoms with Crippen molar-refractivity contribution in [1.82, 2.24) is 5.32 Å². The van der Waals surface area contributed by atoms with Crippen molar-refractivity contribution in [1.29, 1.82) is 0 Å². The third kappa shape index (κ3) is 4.64. The fraction of sp³-hybridized carbons (Fsp3) is 0.733. The molecule has 1 N–H and O–H groups in total. The second-order valence-corrected chi connectivity index (χ2v) is 5.62. The Labute approximate surface area is 115 Å². The Hall–Kier alpha value is -0.840. The van der Waals surface area contributed by atoms with E-state index < -0.39 is 0 Å². The van der Waals surface area contributed by atoms with Crippen LogP contribution in [0.5, 0.6) is 0 Å². The molecule has 2 rings (SSSR count). The van der Waals surface area contributed by atoms with Gasteiger partial charge in [-0.05, 0) is 31.9 Å². The number of ether oxygens (including phenoxy) is 2. The van der Waals surface area contributed by atoms with Gasteiger partial charge in [0.2, 0.25) is 0 Å². The Bertz CT molecular complexity index is 381. The molecular weight excluding hydrogens is 242 g/mol. The minimum Gasteiger partial charge on any atom is -0.465 e. The summed E-state index contributed by atoms with van der Waals surface area (Å²) >= 11 is 0. The van der Waals surface area contributed by atoms with E-state index in [9.17, 15) is 0 Å². The van der Waals surface area contributed by atoms with E-state index in [0.717, 1.165) is 49.8 Å². The van der Waals surface area contributed by atoms with Crippen molar-refractivity contribution >= 4 is 0 Å². The molecule has 1 fully saturated rings. The van der Waals surface area contributed by atoms with Crippen molar-refractivity contribution in [3.05, 3.63) is 23.2 Å². The molecule has 1 aliphatic heterocycles. The maximum Gasteiger partial charge on any atom is 0.118 e. The van der Waals surface area contributed by atoms with Gasteiger partial charge >= 0.3 is 0 Å². The van der Waals surface area contributed by atoms with Gasteiger partial charge in [0.1, 0.15) is 11.5 Å². The van der Waals surface area contributed by atoms with E-state index in [1.807, 2.05) is 6.92 Å². The number of nitrogens with one attached hydrogen (secondary N) is 1. The molecule has 0 amide bonds. The molecule has 1 aliphatic rings. The van der Waals surface area contributed by atoms with Gasteiger partial charge in [-0.3, -0.25) is 0 Å². The minimum absolute atomic E-state index is 0.247. The van der Waals surface area contributed by atoms with E-state index in [0.29, 0.717) is 12.5 Å². The van der Waals surface area contributed by atoms with Gasteiger partial charge in [-0.15, -0.1) is 0 Å². The Morgan fingerprint density at radius 2 is 2.32 bits per heavy atom. The number of hydrogen-bond donors (Lipinski definition) is 1. The first-order valence-corrected chi connectivity index (χ1v) is 7.13. The number of hydrogen-bond acceptors (Lipinski definition) is 4. The van der Waals surface area contributed by atoms with Crippen LogP contribution in [0.4, 0.5) is 0 Å². The van der Waals surface area contributed by atoms with Crippen LogP contribution >= 0.6 is 0 Å². The van der Waals surface area contributed by atoms with E-state index in [2.05, 4.69) is 25.2 Å². The summed E-state index contributed by atoms with van der Waals surface area (Å²) in [4.78, 5) is 0. The molecule has 0 bridgehead atoms. The minimum atomic E-state index is 0.247. The van der Waals surface area contributed by atoms with E-state index in [-0.39, 0.29) is 6.10 Å². The summed E-state index contributed by atoms with van der Waals surface area (Å²) in [6.07, 6.45) is 1.25. The molecule has 108 valence electrons. The maximum absolute atomic E-state index is 5.82. The summed E-state index contributed by atoms with van der Waals surface area (Å²) in [7, 11) is 0. The quantitative estimate of drug-likeness (QED) is 0.825. The van der Waals surface area contributed by atoms with Gasteiger partial charge in [0.05, 0.1) is 25.9 Å². The second kappa shape index (κ2) is 7.08. The summed E-state index contributed by atoms with van der Waals surface area (Å²) in [5.74, 6) is 2.60. The lowest BCUT2D eigenvalue weighted by Crippen LogP contribution is -2.18. The van der Waals surface area contributed by atoms with E-state index >= 15 is 0 Å². The summed E-state index contributed by atoms with van der Waals surface area (Å²) in [6, 6.07) is 2.10. The van der Waals surface area contributed by atoms with Crippen molar-refractivity contribution in [3.63, 3.8) is 0 Å². The Balaban J connectivity index is 1.78. The molecule has 0 radical (unpaired) electrons. The van der Waals surface area contributed by atoms with Crippen LogP contribution < -0.4 is 5.32 Å². The molecule has 1 unspecified atom stereocenters. The maximum atomic E-state index is 5.82. The normalized spacial score (nSPS) is 19.5. The standard InChI is InChI=1S/C15H25NO3/c1-11(2)7-16-8-15-6-13(12(3)19-15)9-18-14-4-5-17-10-14/h6,11,14,16H,4-5,7-10H2,1-3H3. The van der Waals surface area contributed by atoms with Gasteiger partial charge in [-0.25, -0.2) is 0 Å². The number of aryl methyl sites for hydroxylation is 1. The Kier molecular flexibility index (Phi) is 5.43. The highest BCUT2D eigenvalue weighted by molar-refractivity contribution is 5.20. The molecule has 1 saturated heterocycles. The van der Waals surface area contributed by atoms with Crippen LogP contribution in [0.15, 0.2) is 10.5 Å². The van der Waals surface area contributed by atoms with Gasteiger partial charge in [-0.1, -0.05) is 13.8 Å². The van der Waals surface area contributed by atoms with Crippen molar-refractivity contribution in [2.75, 3.05) is 19.8 Å². The molecule has 1 aromatic rings. The largest absolute Gasteiger partial charge is 0.465 e. The fourth-order valence-corrected chi connectivity index (χ4v) is 2.15. The van der Waals surface area contributed by atoms with Crippen LogP contribution in [0.25, 0.3) is 0 Å². The smallest absolute Gasteiger partial charge is 0.118 e. The average Bonchev–Trinajstić information content (AvgIpc) is 2.96. The topological polar surface area (TPSA) is 43.6 Å². The van der Waals surface area contributed by atoms with Gasteiger partial charge in [0.15, 0.2) is 0 Å². The van der Waals surface area contributed by atoms with Crippen LogP contribution in [0.1, 0.15) is 37.4 Å². The average molecular weight is 267 g/mol. The summed E-state index contributed by atoms with van der Waals surface area (Å²) in [5, 5.41) is 3.38. The molecule has 1 aromatic heterocycles. The van der Waals surface area contributed by atoms with Crippen LogP contribution in [0.2, 0.25) is 0 Å². The monoisotopic (exact) mass is 267 g/mol. The summed E-state index contributed by atoms with van der Waals surface area (Å²) in [5.41, 5.74) is 1.15.